The largest absolute Gasteiger partial charge is 0.475 e. The van der Waals surface area contributed by atoms with E-state index >= 15 is 0 Å². The molecule has 4 nitrogen and oxygen atoms in total. The van der Waals surface area contributed by atoms with Gasteiger partial charge in [0, 0.05) is 23.9 Å². The number of furan rings is 1. The molecule has 0 aliphatic carbocycles. The number of carboxylic acids is 1. The summed E-state index contributed by atoms with van der Waals surface area (Å²) in [5.41, 5.74) is 0.908. The van der Waals surface area contributed by atoms with Gasteiger partial charge in [0.05, 0.1) is 0 Å². The van der Waals surface area contributed by atoms with E-state index in [1.54, 1.807) is 24.8 Å². The molecule has 1 aromatic rings. The van der Waals surface area contributed by atoms with Crippen LogP contribution in [0.15, 0.2) is 10.5 Å². The van der Waals surface area contributed by atoms with E-state index in [9.17, 15) is 4.79 Å². The standard InChI is InChI=1S/C11H17NO3S/c1-7(6-16-3)12-5-9-4-10(11(13)14)15-8(9)2/h4,7,12H,5-6H2,1-3H3,(H,13,14). The van der Waals surface area contributed by atoms with Gasteiger partial charge in [-0.05, 0) is 26.2 Å². The lowest BCUT2D eigenvalue weighted by Crippen LogP contribution is -2.27. The van der Waals surface area contributed by atoms with Gasteiger partial charge in [-0.2, -0.15) is 11.8 Å². The molecule has 16 heavy (non-hydrogen) atoms. The fourth-order valence-corrected chi connectivity index (χ4v) is 2.01. The highest BCUT2D eigenvalue weighted by atomic mass is 32.2. The number of nitrogens with one attached hydrogen (secondary N) is 1. The van der Waals surface area contributed by atoms with Gasteiger partial charge in [-0.3, -0.25) is 0 Å². The van der Waals surface area contributed by atoms with Crippen LogP contribution in [-0.2, 0) is 6.54 Å². The van der Waals surface area contributed by atoms with Crippen molar-refractivity contribution in [2.24, 2.45) is 0 Å². The van der Waals surface area contributed by atoms with Crippen LogP contribution in [0.4, 0.5) is 0 Å². The topological polar surface area (TPSA) is 62.5 Å². The van der Waals surface area contributed by atoms with E-state index < -0.39 is 5.97 Å². The van der Waals surface area contributed by atoms with Crippen molar-refractivity contribution in [3.05, 3.63) is 23.2 Å². The van der Waals surface area contributed by atoms with Gasteiger partial charge in [-0.25, -0.2) is 4.79 Å². The monoisotopic (exact) mass is 243 g/mol. The SMILES string of the molecule is CSCC(C)NCc1cc(C(=O)O)oc1C. The summed E-state index contributed by atoms with van der Waals surface area (Å²) in [7, 11) is 0. The molecule has 0 spiro atoms. The van der Waals surface area contributed by atoms with Crippen LogP contribution in [0, 0.1) is 6.92 Å². The summed E-state index contributed by atoms with van der Waals surface area (Å²) in [5.74, 6) is 0.683. The van der Waals surface area contributed by atoms with Crippen molar-refractivity contribution in [2.75, 3.05) is 12.0 Å². The lowest BCUT2D eigenvalue weighted by Gasteiger charge is -2.11. The molecule has 2 N–H and O–H groups in total. The number of carbonyl (C=O) groups is 1. The van der Waals surface area contributed by atoms with E-state index in [-0.39, 0.29) is 5.76 Å². The first-order chi connectivity index (χ1) is 7.54. The number of rotatable bonds is 6. The predicted molar refractivity (Wildman–Crippen MR) is 65.1 cm³/mol. The van der Waals surface area contributed by atoms with Crippen LogP contribution in [0.25, 0.3) is 0 Å². The third-order valence-corrected chi connectivity index (χ3v) is 3.12. The van der Waals surface area contributed by atoms with Crippen LogP contribution >= 0.6 is 11.8 Å². The number of hydrogen-bond donors (Lipinski definition) is 2. The Labute approximate surface area is 99.4 Å². The molecule has 0 amide bonds. The lowest BCUT2D eigenvalue weighted by atomic mass is 10.2. The van der Waals surface area contributed by atoms with Crippen molar-refractivity contribution in [1.29, 1.82) is 0 Å². The Morgan fingerprint density at radius 2 is 2.38 bits per heavy atom. The highest BCUT2D eigenvalue weighted by Gasteiger charge is 2.13. The second kappa shape index (κ2) is 5.96. The molecule has 1 atom stereocenters. The van der Waals surface area contributed by atoms with Gasteiger partial charge in [0.1, 0.15) is 5.76 Å². The molecule has 0 fully saturated rings. The summed E-state index contributed by atoms with van der Waals surface area (Å²) in [6, 6.07) is 1.98. The van der Waals surface area contributed by atoms with Gasteiger partial charge in [0.15, 0.2) is 0 Å². The zero-order valence-electron chi connectivity index (χ0n) is 9.74. The van der Waals surface area contributed by atoms with E-state index in [1.807, 2.05) is 0 Å². The second-order valence-electron chi connectivity index (χ2n) is 3.73. The molecule has 1 aromatic heterocycles. The maximum Gasteiger partial charge on any atom is 0.371 e. The summed E-state index contributed by atoms with van der Waals surface area (Å²) >= 11 is 1.78. The molecule has 0 saturated heterocycles. The zero-order chi connectivity index (χ0) is 12.1. The van der Waals surface area contributed by atoms with Gasteiger partial charge >= 0.3 is 5.97 Å². The molecule has 0 aliphatic heterocycles. The number of aromatic carboxylic acids is 1. The summed E-state index contributed by atoms with van der Waals surface area (Å²) in [4.78, 5) is 10.7. The Hall–Kier alpha value is -0.940. The predicted octanol–water partition coefficient (Wildman–Crippen LogP) is 2.13. The van der Waals surface area contributed by atoms with Crippen LogP contribution in [0.5, 0.6) is 0 Å². The molecule has 1 rings (SSSR count). The van der Waals surface area contributed by atoms with Gasteiger partial charge in [0.25, 0.3) is 0 Å². The molecule has 0 saturated carbocycles. The Balaban J connectivity index is 2.57. The average molecular weight is 243 g/mol. The van der Waals surface area contributed by atoms with E-state index in [2.05, 4.69) is 18.5 Å². The maximum atomic E-state index is 10.7. The van der Waals surface area contributed by atoms with Crippen molar-refractivity contribution in [3.8, 4) is 0 Å². The van der Waals surface area contributed by atoms with Crippen LogP contribution in [0.3, 0.4) is 0 Å². The van der Waals surface area contributed by atoms with Crippen molar-refractivity contribution < 1.29 is 14.3 Å². The first-order valence-electron chi connectivity index (χ1n) is 5.09. The van der Waals surface area contributed by atoms with Crippen molar-refractivity contribution >= 4 is 17.7 Å². The van der Waals surface area contributed by atoms with E-state index in [4.69, 9.17) is 9.52 Å². The van der Waals surface area contributed by atoms with Gasteiger partial charge in [-0.1, -0.05) is 0 Å². The van der Waals surface area contributed by atoms with Crippen molar-refractivity contribution in [1.82, 2.24) is 5.32 Å². The highest BCUT2D eigenvalue weighted by molar-refractivity contribution is 7.98. The molecule has 0 radical (unpaired) electrons. The van der Waals surface area contributed by atoms with Gasteiger partial charge in [-0.15, -0.1) is 0 Å². The lowest BCUT2D eigenvalue weighted by molar-refractivity contribution is 0.0661. The van der Waals surface area contributed by atoms with Crippen LogP contribution < -0.4 is 5.32 Å². The quantitative estimate of drug-likeness (QED) is 0.801. The first kappa shape index (κ1) is 13.1. The molecular formula is C11H17NO3S. The third kappa shape index (κ3) is 3.57. The number of carboxylic acid groups (broad SMARTS) is 1. The Bertz CT molecular complexity index is 362. The minimum atomic E-state index is -1.02. The van der Waals surface area contributed by atoms with Gasteiger partial charge in [0.2, 0.25) is 5.76 Å². The summed E-state index contributed by atoms with van der Waals surface area (Å²) < 4.78 is 5.12. The Morgan fingerprint density at radius 3 is 2.88 bits per heavy atom. The smallest absolute Gasteiger partial charge is 0.371 e. The number of hydrogen-bond acceptors (Lipinski definition) is 4. The molecule has 0 aliphatic rings. The minimum Gasteiger partial charge on any atom is -0.475 e. The average Bonchev–Trinajstić information content (AvgIpc) is 2.58. The fraction of sp³-hybridized carbons (Fsp3) is 0.545. The summed E-state index contributed by atoms with van der Waals surface area (Å²) in [6.07, 6.45) is 2.06. The van der Waals surface area contributed by atoms with Crippen molar-refractivity contribution in [2.45, 2.75) is 26.4 Å². The molecular weight excluding hydrogens is 226 g/mol. The zero-order valence-corrected chi connectivity index (χ0v) is 10.6. The molecule has 0 bridgehead atoms. The second-order valence-corrected chi connectivity index (χ2v) is 4.65. The molecule has 5 heteroatoms. The third-order valence-electron chi connectivity index (χ3n) is 2.29. The van der Waals surface area contributed by atoms with Crippen molar-refractivity contribution in [3.63, 3.8) is 0 Å². The number of aryl methyl sites for hydroxylation is 1. The highest BCUT2D eigenvalue weighted by Crippen LogP contribution is 2.14. The molecule has 0 aromatic carbocycles. The molecule has 90 valence electrons. The minimum absolute atomic E-state index is 0.00631. The summed E-state index contributed by atoms with van der Waals surface area (Å²) in [6.45, 7) is 4.52. The Kier molecular flexibility index (Phi) is 4.89. The molecule has 1 heterocycles. The fourth-order valence-electron chi connectivity index (χ4n) is 1.39. The normalized spacial score (nSPS) is 12.7. The summed E-state index contributed by atoms with van der Waals surface area (Å²) in [5, 5.41) is 12.1. The first-order valence-corrected chi connectivity index (χ1v) is 6.49. The number of thioether (sulfide) groups is 1. The van der Waals surface area contributed by atoms with E-state index in [1.165, 1.54) is 0 Å². The van der Waals surface area contributed by atoms with E-state index in [0.29, 0.717) is 18.3 Å². The van der Waals surface area contributed by atoms with Crippen LogP contribution in [0.2, 0.25) is 0 Å². The maximum absolute atomic E-state index is 10.7. The van der Waals surface area contributed by atoms with Gasteiger partial charge < -0.3 is 14.8 Å². The van der Waals surface area contributed by atoms with Crippen LogP contribution in [0.1, 0.15) is 28.8 Å². The van der Waals surface area contributed by atoms with Crippen LogP contribution in [-0.4, -0.2) is 29.1 Å². The Morgan fingerprint density at radius 1 is 1.69 bits per heavy atom. The molecule has 1 unspecified atom stereocenters. The van der Waals surface area contributed by atoms with E-state index in [0.717, 1.165) is 11.3 Å².